The standard InChI is InChI=1S/C12H11Cl2N/c1-3-7-12(2,8-15)11-9(13)5-4-6-10(11)14/h3-6H,1,7H2,2H3. The number of nitriles is 1. The van der Waals surface area contributed by atoms with E-state index >= 15 is 0 Å². The molecule has 0 saturated heterocycles. The van der Waals surface area contributed by atoms with Crippen LogP contribution < -0.4 is 0 Å². The average Bonchev–Trinajstić information content (AvgIpc) is 2.18. The Morgan fingerprint density at radius 3 is 2.40 bits per heavy atom. The van der Waals surface area contributed by atoms with E-state index in [0.29, 0.717) is 22.0 Å². The van der Waals surface area contributed by atoms with E-state index in [1.807, 2.05) is 6.92 Å². The molecule has 0 radical (unpaired) electrons. The van der Waals surface area contributed by atoms with Gasteiger partial charge in [0.05, 0.1) is 11.5 Å². The van der Waals surface area contributed by atoms with E-state index in [1.165, 1.54) is 0 Å². The van der Waals surface area contributed by atoms with Crippen molar-refractivity contribution in [2.75, 3.05) is 0 Å². The van der Waals surface area contributed by atoms with Crippen molar-refractivity contribution in [2.24, 2.45) is 0 Å². The quantitative estimate of drug-likeness (QED) is 0.720. The molecule has 1 aromatic carbocycles. The van der Waals surface area contributed by atoms with Crippen molar-refractivity contribution in [3.8, 4) is 6.07 Å². The summed E-state index contributed by atoms with van der Waals surface area (Å²) in [5, 5.41) is 10.2. The Hall–Kier alpha value is -0.970. The van der Waals surface area contributed by atoms with Gasteiger partial charge in [0.1, 0.15) is 0 Å². The van der Waals surface area contributed by atoms with Gasteiger partial charge in [-0.15, -0.1) is 6.58 Å². The van der Waals surface area contributed by atoms with Crippen molar-refractivity contribution in [2.45, 2.75) is 18.8 Å². The van der Waals surface area contributed by atoms with Gasteiger partial charge in [0.15, 0.2) is 0 Å². The third-order valence-electron chi connectivity index (χ3n) is 2.31. The molecule has 0 amide bonds. The van der Waals surface area contributed by atoms with Crippen LogP contribution in [0.4, 0.5) is 0 Å². The first-order valence-electron chi connectivity index (χ1n) is 4.52. The Morgan fingerprint density at radius 1 is 1.47 bits per heavy atom. The van der Waals surface area contributed by atoms with Crippen molar-refractivity contribution in [1.82, 2.24) is 0 Å². The first-order chi connectivity index (χ1) is 7.05. The molecule has 1 nitrogen and oxygen atoms in total. The van der Waals surface area contributed by atoms with Crippen LogP contribution in [0.5, 0.6) is 0 Å². The molecule has 0 fully saturated rings. The Balaban J connectivity index is 3.36. The second kappa shape index (κ2) is 4.70. The van der Waals surface area contributed by atoms with E-state index in [0.717, 1.165) is 0 Å². The Bertz CT molecular complexity index is 400. The summed E-state index contributed by atoms with van der Waals surface area (Å²) in [4.78, 5) is 0. The predicted molar refractivity (Wildman–Crippen MR) is 64.2 cm³/mol. The molecule has 0 aromatic heterocycles. The largest absolute Gasteiger partial charge is 0.197 e. The van der Waals surface area contributed by atoms with Crippen LogP contribution in [0, 0.1) is 11.3 Å². The van der Waals surface area contributed by atoms with E-state index < -0.39 is 5.41 Å². The van der Waals surface area contributed by atoms with Crippen LogP contribution in [0.3, 0.4) is 0 Å². The van der Waals surface area contributed by atoms with Crippen molar-refractivity contribution in [1.29, 1.82) is 5.26 Å². The summed E-state index contributed by atoms with van der Waals surface area (Å²) < 4.78 is 0. The highest BCUT2D eigenvalue weighted by Crippen LogP contribution is 2.37. The molecule has 0 heterocycles. The van der Waals surface area contributed by atoms with E-state index in [2.05, 4.69) is 12.6 Å². The molecule has 0 aliphatic rings. The SMILES string of the molecule is C=CCC(C)(C#N)c1c(Cl)cccc1Cl. The van der Waals surface area contributed by atoms with Crippen LogP contribution >= 0.6 is 23.2 Å². The summed E-state index contributed by atoms with van der Waals surface area (Å²) in [6.07, 6.45) is 2.22. The van der Waals surface area contributed by atoms with Crippen molar-refractivity contribution < 1.29 is 0 Å². The number of nitrogens with zero attached hydrogens (tertiary/aromatic N) is 1. The van der Waals surface area contributed by atoms with Crippen molar-refractivity contribution in [3.63, 3.8) is 0 Å². The van der Waals surface area contributed by atoms with Gasteiger partial charge in [0.25, 0.3) is 0 Å². The second-order valence-electron chi connectivity index (χ2n) is 3.53. The summed E-state index contributed by atoms with van der Waals surface area (Å²) in [5.74, 6) is 0. The minimum atomic E-state index is -0.711. The fraction of sp³-hybridized carbons (Fsp3) is 0.250. The molecule has 0 aliphatic heterocycles. The van der Waals surface area contributed by atoms with Gasteiger partial charge in [-0.25, -0.2) is 0 Å². The zero-order valence-corrected chi connectivity index (χ0v) is 9.94. The molecule has 78 valence electrons. The first-order valence-corrected chi connectivity index (χ1v) is 5.27. The van der Waals surface area contributed by atoms with Crippen LogP contribution in [0.15, 0.2) is 30.9 Å². The van der Waals surface area contributed by atoms with Gasteiger partial charge in [-0.05, 0) is 25.5 Å². The van der Waals surface area contributed by atoms with Crippen molar-refractivity contribution >= 4 is 23.2 Å². The molecule has 0 spiro atoms. The summed E-state index contributed by atoms with van der Waals surface area (Å²) >= 11 is 12.1. The maximum atomic E-state index is 9.20. The third-order valence-corrected chi connectivity index (χ3v) is 2.94. The normalized spacial score (nSPS) is 14.0. The molecule has 0 saturated carbocycles. The lowest BCUT2D eigenvalue weighted by molar-refractivity contribution is 0.622. The summed E-state index contributed by atoms with van der Waals surface area (Å²) in [6.45, 7) is 5.45. The molecule has 1 rings (SSSR count). The molecule has 0 bridgehead atoms. The van der Waals surface area contributed by atoms with Crippen LogP contribution in [-0.4, -0.2) is 0 Å². The molecule has 3 heteroatoms. The maximum Gasteiger partial charge on any atom is 0.0857 e. The molecule has 0 N–H and O–H groups in total. The molecule has 1 unspecified atom stereocenters. The summed E-state index contributed by atoms with van der Waals surface area (Å²) in [5.41, 5.74) is -0.0345. The van der Waals surface area contributed by atoms with Gasteiger partial charge in [0.2, 0.25) is 0 Å². The highest BCUT2D eigenvalue weighted by Gasteiger charge is 2.29. The van der Waals surface area contributed by atoms with Crippen molar-refractivity contribution in [3.05, 3.63) is 46.5 Å². The monoisotopic (exact) mass is 239 g/mol. The first kappa shape index (κ1) is 12.1. The number of halogens is 2. The minimum absolute atomic E-state index is 0.521. The highest BCUT2D eigenvalue weighted by atomic mass is 35.5. The van der Waals surface area contributed by atoms with Crippen LogP contribution in [0.2, 0.25) is 10.0 Å². The van der Waals surface area contributed by atoms with E-state index in [-0.39, 0.29) is 0 Å². The number of allylic oxidation sites excluding steroid dienone is 1. The number of hydrogen-bond donors (Lipinski definition) is 0. The second-order valence-corrected chi connectivity index (χ2v) is 4.35. The smallest absolute Gasteiger partial charge is 0.0857 e. The minimum Gasteiger partial charge on any atom is -0.197 e. The van der Waals surface area contributed by atoms with Gasteiger partial charge >= 0.3 is 0 Å². The average molecular weight is 240 g/mol. The van der Waals surface area contributed by atoms with Crippen LogP contribution in [0.1, 0.15) is 18.9 Å². The lowest BCUT2D eigenvalue weighted by atomic mass is 9.81. The zero-order chi connectivity index (χ0) is 11.5. The molecule has 0 aliphatic carbocycles. The van der Waals surface area contributed by atoms with Gasteiger partial charge in [-0.3, -0.25) is 0 Å². The van der Waals surface area contributed by atoms with Gasteiger partial charge in [0, 0.05) is 15.6 Å². The molecule has 15 heavy (non-hydrogen) atoms. The fourth-order valence-electron chi connectivity index (χ4n) is 1.52. The van der Waals surface area contributed by atoms with E-state index in [1.54, 1.807) is 24.3 Å². The maximum absolute atomic E-state index is 9.20. The molecular formula is C12H11Cl2N. The van der Waals surface area contributed by atoms with E-state index in [9.17, 15) is 5.26 Å². The molecule has 1 aromatic rings. The molecular weight excluding hydrogens is 229 g/mol. The number of benzene rings is 1. The topological polar surface area (TPSA) is 23.8 Å². The number of hydrogen-bond acceptors (Lipinski definition) is 1. The molecule has 1 atom stereocenters. The van der Waals surface area contributed by atoms with Crippen LogP contribution in [0.25, 0.3) is 0 Å². The number of rotatable bonds is 3. The lowest BCUT2D eigenvalue weighted by Crippen LogP contribution is -2.19. The Morgan fingerprint density at radius 2 is 2.00 bits per heavy atom. The van der Waals surface area contributed by atoms with Gasteiger partial charge in [-0.1, -0.05) is 35.3 Å². The predicted octanol–water partition coefficient (Wildman–Crippen LogP) is 4.35. The van der Waals surface area contributed by atoms with Gasteiger partial charge in [-0.2, -0.15) is 5.26 Å². The Labute approximate surface area is 99.9 Å². The summed E-state index contributed by atoms with van der Waals surface area (Å²) in [7, 11) is 0. The van der Waals surface area contributed by atoms with E-state index in [4.69, 9.17) is 23.2 Å². The third kappa shape index (κ3) is 2.34. The highest BCUT2D eigenvalue weighted by molar-refractivity contribution is 6.36. The van der Waals surface area contributed by atoms with Crippen LogP contribution in [-0.2, 0) is 5.41 Å². The summed E-state index contributed by atoms with van der Waals surface area (Å²) in [6, 6.07) is 7.48. The zero-order valence-electron chi connectivity index (χ0n) is 8.43. The lowest BCUT2D eigenvalue weighted by Gasteiger charge is -2.22. The van der Waals surface area contributed by atoms with Gasteiger partial charge < -0.3 is 0 Å². The fourth-order valence-corrected chi connectivity index (χ4v) is 2.33. The Kier molecular flexibility index (Phi) is 3.79.